The number of hydrogen-bond acceptors (Lipinski definition) is 4. The highest BCUT2D eigenvalue weighted by Crippen LogP contribution is 2.08. The molecule has 0 unspecified atom stereocenters. The lowest BCUT2D eigenvalue weighted by Crippen LogP contribution is -2.03. The first-order chi connectivity index (χ1) is 8.86. The first-order valence-corrected chi connectivity index (χ1v) is 6.08. The van der Waals surface area contributed by atoms with Crippen LogP contribution in [0.3, 0.4) is 0 Å². The third-order valence-corrected chi connectivity index (χ3v) is 2.39. The number of ether oxygens (including phenoxy) is 4. The molecule has 0 aliphatic rings. The normalized spacial score (nSPS) is 10.8. The third kappa shape index (κ3) is 6.71. The van der Waals surface area contributed by atoms with E-state index in [-0.39, 0.29) is 0 Å². The van der Waals surface area contributed by atoms with Gasteiger partial charge < -0.3 is 18.9 Å². The Balaban J connectivity index is 2.27. The van der Waals surface area contributed by atoms with Crippen LogP contribution in [0, 0.1) is 0 Å². The molecule has 0 aliphatic carbocycles. The Morgan fingerprint density at radius 2 is 1.28 bits per heavy atom. The van der Waals surface area contributed by atoms with Gasteiger partial charge in [0.2, 0.25) is 0 Å². The Kier molecular flexibility index (Phi) is 8.42. The largest absolute Gasteiger partial charge is 0.382 e. The van der Waals surface area contributed by atoms with Crippen molar-refractivity contribution in [2.24, 2.45) is 0 Å². The van der Waals surface area contributed by atoms with E-state index in [1.54, 1.807) is 14.2 Å². The van der Waals surface area contributed by atoms with Crippen LogP contribution in [0.2, 0.25) is 0 Å². The van der Waals surface area contributed by atoms with Gasteiger partial charge in [-0.15, -0.1) is 0 Å². The maximum atomic E-state index is 5.47. The monoisotopic (exact) mass is 254 g/mol. The summed E-state index contributed by atoms with van der Waals surface area (Å²) in [5, 5.41) is 0. The third-order valence-electron chi connectivity index (χ3n) is 2.39. The highest BCUT2D eigenvalue weighted by molar-refractivity contribution is 5.22. The molecule has 1 aromatic carbocycles. The van der Waals surface area contributed by atoms with Crippen molar-refractivity contribution >= 4 is 0 Å². The van der Waals surface area contributed by atoms with Crippen molar-refractivity contribution in [2.75, 3.05) is 40.6 Å². The Morgan fingerprint density at radius 1 is 0.778 bits per heavy atom. The Bertz CT molecular complexity index is 287. The van der Waals surface area contributed by atoms with Crippen molar-refractivity contribution in [1.29, 1.82) is 0 Å². The van der Waals surface area contributed by atoms with Gasteiger partial charge in [0.05, 0.1) is 39.6 Å². The van der Waals surface area contributed by atoms with Gasteiger partial charge in [-0.2, -0.15) is 0 Å². The predicted molar refractivity (Wildman–Crippen MR) is 69.5 cm³/mol. The first-order valence-electron chi connectivity index (χ1n) is 6.08. The van der Waals surface area contributed by atoms with Gasteiger partial charge in [-0.1, -0.05) is 24.3 Å². The van der Waals surface area contributed by atoms with Gasteiger partial charge in [-0.3, -0.25) is 0 Å². The molecule has 0 radical (unpaired) electrons. The minimum Gasteiger partial charge on any atom is -0.382 e. The summed E-state index contributed by atoms with van der Waals surface area (Å²) in [6.45, 7) is 3.69. The standard InChI is InChI=1S/C14H22O4/c1-15-6-8-17-11-13-4-3-5-14(10-13)12-18-9-7-16-2/h3-5,10H,6-9,11-12H2,1-2H3. The van der Waals surface area contributed by atoms with E-state index in [0.29, 0.717) is 39.6 Å². The topological polar surface area (TPSA) is 36.9 Å². The molecule has 0 amide bonds. The lowest BCUT2D eigenvalue weighted by molar-refractivity contribution is 0.0594. The number of benzene rings is 1. The van der Waals surface area contributed by atoms with Crippen LogP contribution in [0.15, 0.2) is 24.3 Å². The summed E-state index contributed by atoms with van der Waals surface area (Å²) in [6.07, 6.45) is 0. The van der Waals surface area contributed by atoms with Crippen molar-refractivity contribution in [3.8, 4) is 0 Å². The van der Waals surface area contributed by atoms with E-state index in [2.05, 4.69) is 6.07 Å². The lowest BCUT2D eigenvalue weighted by Gasteiger charge is -2.07. The van der Waals surface area contributed by atoms with Gasteiger partial charge >= 0.3 is 0 Å². The van der Waals surface area contributed by atoms with Crippen LogP contribution in [0.5, 0.6) is 0 Å². The summed E-state index contributed by atoms with van der Waals surface area (Å²) < 4.78 is 20.8. The van der Waals surface area contributed by atoms with E-state index in [1.807, 2.05) is 18.2 Å². The zero-order valence-corrected chi connectivity index (χ0v) is 11.2. The van der Waals surface area contributed by atoms with Gasteiger partial charge in [0.25, 0.3) is 0 Å². The maximum Gasteiger partial charge on any atom is 0.0718 e. The molecule has 0 aliphatic heterocycles. The fraction of sp³-hybridized carbons (Fsp3) is 0.571. The van der Waals surface area contributed by atoms with Crippen LogP contribution in [0.4, 0.5) is 0 Å². The molecule has 1 aromatic rings. The van der Waals surface area contributed by atoms with Gasteiger partial charge in [0.15, 0.2) is 0 Å². The smallest absolute Gasteiger partial charge is 0.0718 e. The molecular weight excluding hydrogens is 232 g/mol. The summed E-state index contributed by atoms with van der Waals surface area (Å²) >= 11 is 0. The molecule has 0 saturated carbocycles. The van der Waals surface area contributed by atoms with Crippen LogP contribution < -0.4 is 0 Å². The average Bonchev–Trinajstić information content (AvgIpc) is 2.40. The lowest BCUT2D eigenvalue weighted by atomic mass is 10.1. The highest BCUT2D eigenvalue weighted by atomic mass is 16.5. The minimum atomic E-state index is 0.606. The summed E-state index contributed by atoms with van der Waals surface area (Å²) in [7, 11) is 3.34. The number of methoxy groups -OCH3 is 2. The van der Waals surface area contributed by atoms with Crippen molar-refractivity contribution in [2.45, 2.75) is 13.2 Å². The summed E-state index contributed by atoms with van der Waals surface area (Å²) in [5.74, 6) is 0. The average molecular weight is 254 g/mol. The Labute approximate surface area is 109 Å². The fourth-order valence-electron chi connectivity index (χ4n) is 1.47. The van der Waals surface area contributed by atoms with Crippen molar-refractivity contribution in [3.05, 3.63) is 35.4 Å². The second-order valence-electron chi connectivity index (χ2n) is 3.91. The first kappa shape index (κ1) is 15.1. The molecule has 0 N–H and O–H groups in total. The zero-order chi connectivity index (χ0) is 13.1. The van der Waals surface area contributed by atoms with E-state index in [0.717, 1.165) is 11.1 Å². The van der Waals surface area contributed by atoms with E-state index in [1.165, 1.54) is 0 Å². The summed E-state index contributed by atoms with van der Waals surface area (Å²) in [4.78, 5) is 0. The molecule has 0 fully saturated rings. The summed E-state index contributed by atoms with van der Waals surface area (Å²) in [6, 6.07) is 8.21. The van der Waals surface area contributed by atoms with Gasteiger partial charge in [-0.25, -0.2) is 0 Å². The molecule has 0 spiro atoms. The van der Waals surface area contributed by atoms with Crippen LogP contribution in [-0.4, -0.2) is 40.6 Å². The molecular formula is C14H22O4. The second kappa shape index (κ2) is 10.0. The highest BCUT2D eigenvalue weighted by Gasteiger charge is 1.97. The molecule has 18 heavy (non-hydrogen) atoms. The zero-order valence-electron chi connectivity index (χ0n) is 11.2. The minimum absolute atomic E-state index is 0.606. The molecule has 102 valence electrons. The van der Waals surface area contributed by atoms with E-state index < -0.39 is 0 Å². The van der Waals surface area contributed by atoms with Crippen molar-refractivity contribution in [3.63, 3.8) is 0 Å². The van der Waals surface area contributed by atoms with Crippen molar-refractivity contribution < 1.29 is 18.9 Å². The quantitative estimate of drug-likeness (QED) is 0.599. The second-order valence-corrected chi connectivity index (χ2v) is 3.91. The summed E-state index contributed by atoms with van der Waals surface area (Å²) in [5.41, 5.74) is 2.30. The fourth-order valence-corrected chi connectivity index (χ4v) is 1.47. The molecule has 0 aromatic heterocycles. The van der Waals surface area contributed by atoms with E-state index >= 15 is 0 Å². The van der Waals surface area contributed by atoms with Gasteiger partial charge in [0.1, 0.15) is 0 Å². The Hall–Kier alpha value is -0.940. The maximum absolute atomic E-state index is 5.47. The van der Waals surface area contributed by atoms with Crippen LogP contribution in [0.25, 0.3) is 0 Å². The van der Waals surface area contributed by atoms with Crippen LogP contribution in [-0.2, 0) is 32.2 Å². The molecule has 1 rings (SSSR count). The predicted octanol–water partition coefficient (Wildman–Crippen LogP) is 2.01. The van der Waals surface area contributed by atoms with Gasteiger partial charge in [0, 0.05) is 14.2 Å². The van der Waals surface area contributed by atoms with Gasteiger partial charge in [-0.05, 0) is 11.1 Å². The van der Waals surface area contributed by atoms with Crippen LogP contribution in [0.1, 0.15) is 11.1 Å². The van der Waals surface area contributed by atoms with E-state index in [4.69, 9.17) is 18.9 Å². The van der Waals surface area contributed by atoms with Crippen molar-refractivity contribution in [1.82, 2.24) is 0 Å². The van der Waals surface area contributed by atoms with E-state index in [9.17, 15) is 0 Å². The SMILES string of the molecule is COCCOCc1cccc(COCCOC)c1. The molecule has 4 heteroatoms. The number of hydrogen-bond donors (Lipinski definition) is 0. The molecule has 0 heterocycles. The molecule has 0 bridgehead atoms. The Morgan fingerprint density at radius 3 is 1.72 bits per heavy atom. The molecule has 0 saturated heterocycles. The number of rotatable bonds is 10. The molecule has 0 atom stereocenters. The van der Waals surface area contributed by atoms with Crippen LogP contribution >= 0.6 is 0 Å². The molecule has 4 nitrogen and oxygen atoms in total.